The minimum atomic E-state index is 0.517. The highest BCUT2D eigenvalue weighted by molar-refractivity contribution is 9.10. The molecule has 0 spiro atoms. The van der Waals surface area contributed by atoms with Gasteiger partial charge in [-0.15, -0.1) is 0 Å². The molecule has 2 aliphatic rings. The molecule has 0 saturated carbocycles. The molecule has 4 aromatic rings. The molecule has 48 heavy (non-hydrogen) atoms. The molecule has 0 N–H and O–H groups in total. The van der Waals surface area contributed by atoms with Gasteiger partial charge in [0.1, 0.15) is 24.7 Å². The monoisotopic (exact) mass is 772 g/mol. The summed E-state index contributed by atoms with van der Waals surface area (Å²) in [4.78, 5) is 5.19. The number of benzene rings is 4. The van der Waals surface area contributed by atoms with Gasteiger partial charge in [0.15, 0.2) is 0 Å². The molecule has 2 aliphatic heterocycles. The number of hydrogen-bond donors (Lipinski definition) is 0. The van der Waals surface area contributed by atoms with E-state index in [1.165, 1.54) is 96.1 Å². The molecule has 6 heteroatoms. The Bertz CT molecular complexity index is 1580. The van der Waals surface area contributed by atoms with Crippen LogP contribution in [0.3, 0.4) is 0 Å². The molecule has 254 valence electrons. The van der Waals surface area contributed by atoms with Gasteiger partial charge in [0.2, 0.25) is 0 Å². The van der Waals surface area contributed by atoms with Crippen molar-refractivity contribution >= 4 is 31.9 Å². The third kappa shape index (κ3) is 8.56. The molecule has 4 nitrogen and oxygen atoms in total. The summed E-state index contributed by atoms with van der Waals surface area (Å²) in [6.07, 6.45) is 7.88. The van der Waals surface area contributed by atoms with E-state index in [-0.39, 0.29) is 0 Å². The van der Waals surface area contributed by atoms with E-state index in [9.17, 15) is 0 Å². The van der Waals surface area contributed by atoms with E-state index in [4.69, 9.17) is 9.47 Å². The molecule has 0 radical (unpaired) electrons. The minimum Gasteiger partial charge on any atom is -0.488 e. The fourth-order valence-corrected chi connectivity index (χ4v) is 8.43. The van der Waals surface area contributed by atoms with Crippen LogP contribution in [0, 0.1) is 13.8 Å². The fraction of sp³-hybridized carbons (Fsp3) is 0.429. The van der Waals surface area contributed by atoms with Gasteiger partial charge in [-0.2, -0.15) is 0 Å². The Kier molecular flexibility index (Phi) is 12.0. The van der Waals surface area contributed by atoms with E-state index in [2.05, 4.69) is 142 Å². The number of likely N-dealkylation sites (tertiary alicyclic amines) is 2. The van der Waals surface area contributed by atoms with E-state index >= 15 is 0 Å². The van der Waals surface area contributed by atoms with Crippen molar-refractivity contribution in [2.24, 2.45) is 0 Å². The molecule has 2 fully saturated rings. The molecule has 2 saturated heterocycles. The maximum atomic E-state index is 6.38. The Morgan fingerprint density at radius 3 is 1.44 bits per heavy atom. The molecule has 2 atom stereocenters. The van der Waals surface area contributed by atoms with E-state index in [0.717, 1.165) is 33.5 Å². The highest BCUT2D eigenvalue weighted by Crippen LogP contribution is 2.34. The van der Waals surface area contributed by atoms with Crippen LogP contribution in [0.15, 0.2) is 81.7 Å². The summed E-state index contributed by atoms with van der Waals surface area (Å²) < 4.78 is 14.8. The summed E-state index contributed by atoms with van der Waals surface area (Å²) in [6.45, 7) is 14.5. The quantitative estimate of drug-likeness (QED) is 0.152. The molecule has 0 bridgehead atoms. The number of ether oxygens (including phenoxy) is 2. The lowest BCUT2D eigenvalue weighted by molar-refractivity contribution is 0.152. The normalized spacial score (nSPS) is 19.0. The highest BCUT2D eigenvalue weighted by Gasteiger charge is 2.20. The number of halogens is 2. The number of piperidine rings is 2. The zero-order chi connectivity index (χ0) is 33.6. The van der Waals surface area contributed by atoms with Crippen LogP contribution in [0.4, 0.5) is 0 Å². The van der Waals surface area contributed by atoms with Crippen LogP contribution in [0.2, 0.25) is 0 Å². The van der Waals surface area contributed by atoms with Crippen LogP contribution in [0.1, 0.15) is 85.8 Å². The van der Waals surface area contributed by atoms with Gasteiger partial charge in [-0.25, -0.2) is 0 Å². The first-order valence-electron chi connectivity index (χ1n) is 17.7. The summed E-state index contributed by atoms with van der Waals surface area (Å²) in [5.41, 5.74) is 9.98. The van der Waals surface area contributed by atoms with Crippen LogP contribution in [-0.4, -0.2) is 35.0 Å². The zero-order valence-corrected chi connectivity index (χ0v) is 32.2. The third-order valence-electron chi connectivity index (χ3n) is 10.6. The van der Waals surface area contributed by atoms with Crippen molar-refractivity contribution in [1.29, 1.82) is 0 Å². The lowest BCUT2D eigenvalue weighted by atomic mass is 9.92. The predicted molar refractivity (Wildman–Crippen MR) is 206 cm³/mol. The van der Waals surface area contributed by atoms with Crippen molar-refractivity contribution in [2.45, 2.75) is 105 Å². The van der Waals surface area contributed by atoms with Crippen molar-refractivity contribution in [3.05, 3.63) is 115 Å². The van der Waals surface area contributed by atoms with Gasteiger partial charge in [0, 0.05) is 25.2 Å². The third-order valence-corrected chi connectivity index (χ3v) is 11.8. The van der Waals surface area contributed by atoms with E-state index in [0.29, 0.717) is 25.3 Å². The maximum Gasteiger partial charge on any atom is 0.134 e. The SMILES string of the molecule is Cc1c(COc2ccc(CN3CCCC[C@H]3C)cc2Br)cccc1-c1cccc(COc2ccc(CN3CCCC[C@H]3C)cc2Br)c1C. The van der Waals surface area contributed by atoms with E-state index < -0.39 is 0 Å². The summed E-state index contributed by atoms with van der Waals surface area (Å²) in [5, 5.41) is 0. The Balaban J connectivity index is 1.10. The lowest BCUT2D eigenvalue weighted by Crippen LogP contribution is -2.36. The highest BCUT2D eigenvalue weighted by atomic mass is 79.9. The molecule has 6 rings (SSSR count). The van der Waals surface area contributed by atoms with Gasteiger partial charge >= 0.3 is 0 Å². The van der Waals surface area contributed by atoms with Gasteiger partial charge in [-0.3, -0.25) is 9.80 Å². The first-order chi connectivity index (χ1) is 23.3. The summed E-state index contributed by atoms with van der Waals surface area (Å²) in [6, 6.07) is 27.5. The van der Waals surface area contributed by atoms with Gasteiger partial charge in [-0.1, -0.05) is 61.4 Å². The van der Waals surface area contributed by atoms with Crippen molar-refractivity contribution in [3.8, 4) is 22.6 Å². The Hall–Kier alpha value is -2.64. The summed E-state index contributed by atoms with van der Waals surface area (Å²) in [7, 11) is 0. The molecule has 0 amide bonds. The number of rotatable bonds is 11. The Morgan fingerprint density at radius 2 is 1.04 bits per heavy atom. The summed E-state index contributed by atoms with van der Waals surface area (Å²) >= 11 is 7.58. The van der Waals surface area contributed by atoms with Crippen LogP contribution in [0.25, 0.3) is 11.1 Å². The maximum absolute atomic E-state index is 6.38. The van der Waals surface area contributed by atoms with E-state index in [1.54, 1.807) is 0 Å². The first kappa shape index (κ1) is 35.2. The lowest BCUT2D eigenvalue weighted by Gasteiger charge is -2.33. The molecule has 4 aromatic carbocycles. The molecule has 0 aromatic heterocycles. The van der Waals surface area contributed by atoms with E-state index in [1.807, 2.05) is 0 Å². The van der Waals surface area contributed by atoms with Gasteiger partial charge in [0.05, 0.1) is 8.95 Å². The number of nitrogens with zero attached hydrogens (tertiary/aromatic N) is 2. The van der Waals surface area contributed by atoms with Crippen LogP contribution >= 0.6 is 31.9 Å². The second-order valence-corrected chi connectivity index (χ2v) is 15.6. The van der Waals surface area contributed by atoms with Crippen molar-refractivity contribution in [2.75, 3.05) is 13.1 Å². The van der Waals surface area contributed by atoms with Crippen LogP contribution < -0.4 is 9.47 Å². The van der Waals surface area contributed by atoms with Gasteiger partial charge in [0.25, 0.3) is 0 Å². The molecular weight excluding hydrogens is 724 g/mol. The van der Waals surface area contributed by atoms with Crippen molar-refractivity contribution in [3.63, 3.8) is 0 Å². The largest absolute Gasteiger partial charge is 0.488 e. The fourth-order valence-electron chi connectivity index (χ4n) is 7.35. The minimum absolute atomic E-state index is 0.517. The average molecular weight is 775 g/mol. The zero-order valence-electron chi connectivity index (χ0n) is 29.0. The topological polar surface area (TPSA) is 24.9 Å². The molecule has 2 heterocycles. The van der Waals surface area contributed by atoms with Crippen LogP contribution in [0.5, 0.6) is 11.5 Å². The molecular formula is C42H50Br2N2O2. The Morgan fingerprint density at radius 1 is 0.604 bits per heavy atom. The standard InChI is InChI=1S/C42H50Br2N2O2/c1-29-11-5-7-21-45(29)25-33-17-19-41(39(43)23-33)47-27-35-13-9-15-37(31(35)3)38-16-10-14-36(32(38)4)28-48-42-20-18-34(24-40(42)44)26-46-22-8-6-12-30(46)2/h9-10,13-20,23-24,29-30H,5-8,11-12,21-22,25-28H2,1-4H3/t29-,30-/m1/s1. The molecule has 0 unspecified atom stereocenters. The predicted octanol–water partition coefficient (Wildman–Crippen LogP) is 11.4. The smallest absolute Gasteiger partial charge is 0.134 e. The summed E-state index contributed by atoms with van der Waals surface area (Å²) in [5.74, 6) is 1.76. The average Bonchev–Trinajstić information content (AvgIpc) is 3.07. The second kappa shape index (κ2) is 16.4. The first-order valence-corrected chi connectivity index (χ1v) is 19.3. The number of hydrogen-bond acceptors (Lipinski definition) is 4. The van der Waals surface area contributed by atoms with Crippen molar-refractivity contribution in [1.82, 2.24) is 9.80 Å². The second-order valence-electron chi connectivity index (χ2n) is 13.9. The van der Waals surface area contributed by atoms with Crippen molar-refractivity contribution < 1.29 is 9.47 Å². The Labute approximate surface area is 305 Å². The van der Waals surface area contributed by atoms with Gasteiger partial charge < -0.3 is 9.47 Å². The molecule has 0 aliphatic carbocycles. The van der Waals surface area contributed by atoms with Crippen LogP contribution in [-0.2, 0) is 26.3 Å². The van der Waals surface area contributed by atoms with Gasteiger partial charge in [-0.05, 0) is 167 Å².